The van der Waals surface area contributed by atoms with Crippen LogP contribution in [-0.4, -0.2) is 37.5 Å². The zero-order valence-electron chi connectivity index (χ0n) is 18.9. The Morgan fingerprint density at radius 2 is 1.83 bits per heavy atom. The summed E-state index contributed by atoms with van der Waals surface area (Å²) in [5, 5.41) is 7.60. The summed E-state index contributed by atoms with van der Waals surface area (Å²) in [6.45, 7) is 1.21. The number of aromatic amines is 1. The second-order valence-electron chi connectivity index (χ2n) is 7.82. The summed E-state index contributed by atoms with van der Waals surface area (Å²) in [7, 11) is -4.03. The van der Waals surface area contributed by atoms with Gasteiger partial charge >= 0.3 is 0 Å². The van der Waals surface area contributed by atoms with E-state index in [9.17, 15) is 22.8 Å². The minimum atomic E-state index is -4.03. The van der Waals surface area contributed by atoms with Gasteiger partial charge in [0.25, 0.3) is 5.56 Å². The number of anilines is 2. The first-order valence-corrected chi connectivity index (χ1v) is 12.2. The first kappa shape index (κ1) is 25.4. The van der Waals surface area contributed by atoms with Gasteiger partial charge in [-0.15, -0.1) is 0 Å². The van der Waals surface area contributed by atoms with Crippen LogP contribution in [0.4, 0.5) is 11.4 Å². The smallest absolute Gasteiger partial charge is 0.274 e. The molecule has 0 bridgehead atoms. The van der Waals surface area contributed by atoms with Gasteiger partial charge in [0, 0.05) is 25.1 Å². The van der Waals surface area contributed by atoms with Crippen molar-refractivity contribution in [1.29, 1.82) is 5.41 Å². The maximum atomic E-state index is 12.8. The number of hydrogen-bond donors (Lipinski definition) is 4. The molecule has 3 aromatic rings. The van der Waals surface area contributed by atoms with Gasteiger partial charge in [-0.25, -0.2) is 8.42 Å². The lowest BCUT2D eigenvalue weighted by atomic mass is 10.0. The topological polar surface area (TPSA) is 166 Å². The van der Waals surface area contributed by atoms with E-state index in [-0.39, 0.29) is 23.6 Å². The van der Waals surface area contributed by atoms with Crippen LogP contribution >= 0.6 is 0 Å². The van der Waals surface area contributed by atoms with Crippen molar-refractivity contribution in [2.24, 2.45) is 5.73 Å². The van der Waals surface area contributed by atoms with E-state index in [4.69, 9.17) is 11.1 Å². The highest BCUT2D eigenvalue weighted by Gasteiger charge is 2.28. The van der Waals surface area contributed by atoms with Crippen molar-refractivity contribution in [3.05, 3.63) is 93.9 Å². The number of nitrogens with one attached hydrogen (secondary N) is 3. The van der Waals surface area contributed by atoms with E-state index in [1.807, 2.05) is 0 Å². The highest BCUT2D eigenvalue weighted by atomic mass is 32.2. The van der Waals surface area contributed by atoms with Crippen LogP contribution in [0.5, 0.6) is 0 Å². The number of amides is 1. The first-order valence-electron chi connectivity index (χ1n) is 10.6. The van der Waals surface area contributed by atoms with Gasteiger partial charge in [0.15, 0.2) is 0 Å². The molecule has 182 valence electrons. The van der Waals surface area contributed by atoms with Crippen LogP contribution in [0.3, 0.4) is 0 Å². The molecule has 0 fully saturated rings. The molecule has 0 spiro atoms. The number of nitrogens with zero attached hydrogens (tertiary/aromatic N) is 1. The van der Waals surface area contributed by atoms with Gasteiger partial charge in [0.1, 0.15) is 17.8 Å². The monoisotopic (exact) mass is 495 g/mol. The van der Waals surface area contributed by atoms with Crippen molar-refractivity contribution in [2.45, 2.75) is 25.1 Å². The number of benzene rings is 2. The Labute approximate surface area is 202 Å². The van der Waals surface area contributed by atoms with E-state index in [0.717, 1.165) is 4.90 Å². The van der Waals surface area contributed by atoms with Crippen LogP contribution in [0.25, 0.3) is 0 Å². The minimum absolute atomic E-state index is 0.0488. The Kier molecular flexibility index (Phi) is 7.82. The lowest BCUT2D eigenvalue weighted by Crippen LogP contribution is -2.43. The molecule has 1 amide bonds. The van der Waals surface area contributed by atoms with Crippen molar-refractivity contribution in [3.8, 4) is 0 Å². The van der Waals surface area contributed by atoms with E-state index in [2.05, 4.69) is 9.71 Å². The SMILES string of the molecule is CC(=O)N(c1cc[nH]c(=O)c1NS(=O)(=O)Cc1ccccc1)[C@H](C=O)Cc1cccc(C(=N)N)c1. The summed E-state index contributed by atoms with van der Waals surface area (Å²) in [6, 6.07) is 15.3. The van der Waals surface area contributed by atoms with Crippen LogP contribution < -0.4 is 20.9 Å². The van der Waals surface area contributed by atoms with Gasteiger partial charge in [-0.2, -0.15) is 0 Å². The molecule has 0 unspecified atom stereocenters. The number of sulfonamides is 1. The third-order valence-corrected chi connectivity index (χ3v) is 6.39. The molecule has 10 nitrogen and oxygen atoms in total. The number of nitrogen functional groups attached to an aromatic ring is 1. The van der Waals surface area contributed by atoms with E-state index in [1.54, 1.807) is 54.6 Å². The summed E-state index contributed by atoms with van der Waals surface area (Å²) >= 11 is 0. The maximum absolute atomic E-state index is 12.8. The molecule has 0 aliphatic rings. The molecule has 0 saturated carbocycles. The molecular formula is C24H25N5O5S. The van der Waals surface area contributed by atoms with Crippen LogP contribution in [0.15, 0.2) is 71.7 Å². The molecule has 35 heavy (non-hydrogen) atoms. The van der Waals surface area contributed by atoms with Crippen molar-refractivity contribution in [2.75, 3.05) is 9.62 Å². The molecule has 2 aromatic carbocycles. The zero-order valence-corrected chi connectivity index (χ0v) is 19.7. The van der Waals surface area contributed by atoms with Gasteiger partial charge in [0.2, 0.25) is 15.9 Å². The molecule has 5 N–H and O–H groups in total. The number of carbonyl (C=O) groups excluding carboxylic acids is 2. The summed E-state index contributed by atoms with van der Waals surface area (Å²) < 4.78 is 27.9. The fraction of sp³-hybridized carbons (Fsp3) is 0.167. The highest BCUT2D eigenvalue weighted by molar-refractivity contribution is 7.91. The fourth-order valence-electron chi connectivity index (χ4n) is 3.64. The molecule has 0 radical (unpaired) electrons. The molecular weight excluding hydrogens is 470 g/mol. The molecule has 0 saturated heterocycles. The Hall–Kier alpha value is -4.25. The third kappa shape index (κ3) is 6.42. The maximum Gasteiger partial charge on any atom is 0.274 e. The molecule has 0 aliphatic heterocycles. The summed E-state index contributed by atoms with van der Waals surface area (Å²) in [5.41, 5.74) is 5.92. The largest absolute Gasteiger partial charge is 0.384 e. The number of amidine groups is 1. The quantitative estimate of drug-likeness (QED) is 0.190. The van der Waals surface area contributed by atoms with Crippen molar-refractivity contribution < 1.29 is 18.0 Å². The number of nitrogens with two attached hydrogens (primary N) is 1. The van der Waals surface area contributed by atoms with Crippen LogP contribution in [0.2, 0.25) is 0 Å². The summed E-state index contributed by atoms with van der Waals surface area (Å²) in [4.78, 5) is 40.9. The van der Waals surface area contributed by atoms with Crippen molar-refractivity contribution in [3.63, 3.8) is 0 Å². The number of rotatable bonds is 10. The first-order chi connectivity index (χ1) is 16.6. The molecule has 11 heteroatoms. The van der Waals surface area contributed by atoms with Gasteiger partial charge in [-0.3, -0.25) is 24.6 Å². The van der Waals surface area contributed by atoms with E-state index in [0.29, 0.717) is 23.0 Å². The third-order valence-electron chi connectivity index (χ3n) is 5.17. The fourth-order valence-corrected chi connectivity index (χ4v) is 4.85. The number of carbonyl (C=O) groups is 2. The molecule has 0 aliphatic carbocycles. The predicted octanol–water partition coefficient (Wildman–Crippen LogP) is 1.76. The number of aromatic nitrogens is 1. The Morgan fingerprint density at radius 1 is 1.14 bits per heavy atom. The van der Waals surface area contributed by atoms with E-state index in [1.165, 1.54) is 19.2 Å². The highest BCUT2D eigenvalue weighted by Crippen LogP contribution is 2.26. The number of aldehydes is 1. The standard InChI is InChI=1S/C24H25N5O5S/c1-16(31)29(20(14-30)13-18-8-5-9-19(12-18)23(25)26)21-10-11-27-24(32)22(21)28-35(33,34)15-17-6-3-2-4-7-17/h2-12,14,20,28H,13,15H2,1H3,(H3,25,26)(H,27,32)/t20-/m0/s1. The Morgan fingerprint density at radius 3 is 2.46 bits per heavy atom. The van der Waals surface area contributed by atoms with Gasteiger partial charge in [-0.05, 0) is 23.3 Å². The van der Waals surface area contributed by atoms with E-state index < -0.39 is 33.3 Å². The Balaban J connectivity index is 1.99. The zero-order chi connectivity index (χ0) is 25.6. The summed E-state index contributed by atoms with van der Waals surface area (Å²) in [5.74, 6) is -1.11. The molecule has 3 rings (SSSR count). The lowest BCUT2D eigenvalue weighted by molar-refractivity contribution is -0.119. The number of H-pyrrole nitrogens is 1. The molecule has 1 heterocycles. The van der Waals surface area contributed by atoms with Crippen molar-refractivity contribution in [1.82, 2.24) is 4.98 Å². The second-order valence-corrected chi connectivity index (χ2v) is 9.55. The van der Waals surface area contributed by atoms with E-state index >= 15 is 0 Å². The normalized spacial score (nSPS) is 11.9. The lowest BCUT2D eigenvalue weighted by Gasteiger charge is -2.29. The molecule has 1 atom stereocenters. The predicted molar refractivity (Wildman–Crippen MR) is 134 cm³/mol. The summed E-state index contributed by atoms with van der Waals surface area (Å²) in [6.07, 6.45) is 1.86. The average Bonchev–Trinajstić information content (AvgIpc) is 2.81. The second kappa shape index (κ2) is 10.8. The van der Waals surface area contributed by atoms with Crippen molar-refractivity contribution >= 4 is 39.4 Å². The molecule has 1 aromatic heterocycles. The van der Waals surface area contributed by atoms with Crippen LogP contribution in [-0.2, 0) is 31.8 Å². The van der Waals surface area contributed by atoms with Gasteiger partial charge < -0.3 is 15.5 Å². The van der Waals surface area contributed by atoms with Crippen LogP contribution in [0.1, 0.15) is 23.6 Å². The van der Waals surface area contributed by atoms with Gasteiger partial charge in [-0.1, -0.05) is 48.5 Å². The minimum Gasteiger partial charge on any atom is -0.384 e. The number of pyridine rings is 1. The van der Waals surface area contributed by atoms with Gasteiger partial charge in [0.05, 0.1) is 17.5 Å². The average molecular weight is 496 g/mol. The van der Waals surface area contributed by atoms with Crippen LogP contribution in [0, 0.1) is 5.41 Å². The Bertz CT molecular complexity index is 1400. The number of hydrogen-bond acceptors (Lipinski definition) is 6.